The predicted molar refractivity (Wildman–Crippen MR) is 71.5 cm³/mol. The van der Waals surface area contributed by atoms with Crippen molar-refractivity contribution < 1.29 is 9.47 Å². The van der Waals surface area contributed by atoms with Crippen molar-refractivity contribution in [3.05, 3.63) is 29.8 Å². The largest absolute Gasteiger partial charge is 0.496 e. The predicted octanol–water partition coefficient (Wildman–Crippen LogP) is 4.35. The number of rotatable bonds is 8. The first-order valence-corrected chi connectivity index (χ1v) is 6.49. The summed E-state index contributed by atoms with van der Waals surface area (Å²) in [7, 11) is 3.49. The van der Waals surface area contributed by atoms with Crippen molar-refractivity contribution in [1.29, 1.82) is 0 Å². The average molecular weight is 236 g/mol. The van der Waals surface area contributed by atoms with E-state index in [1.165, 1.54) is 25.7 Å². The fourth-order valence-electron chi connectivity index (χ4n) is 2.09. The van der Waals surface area contributed by atoms with E-state index in [0.29, 0.717) is 0 Å². The number of methoxy groups -OCH3 is 2. The summed E-state index contributed by atoms with van der Waals surface area (Å²) in [6.45, 7) is 2.23. The number of ether oxygens (including phenoxy) is 2. The van der Waals surface area contributed by atoms with E-state index in [2.05, 4.69) is 13.0 Å². The van der Waals surface area contributed by atoms with E-state index >= 15 is 0 Å². The van der Waals surface area contributed by atoms with Crippen molar-refractivity contribution in [2.24, 2.45) is 0 Å². The molecule has 2 nitrogen and oxygen atoms in total. The van der Waals surface area contributed by atoms with E-state index in [1.54, 1.807) is 14.2 Å². The van der Waals surface area contributed by atoms with E-state index in [0.717, 1.165) is 17.7 Å². The Hall–Kier alpha value is -1.02. The molecule has 0 aliphatic carbocycles. The van der Waals surface area contributed by atoms with Crippen LogP contribution >= 0.6 is 0 Å². The zero-order valence-electron chi connectivity index (χ0n) is 11.2. The number of para-hydroxylation sites is 1. The lowest BCUT2D eigenvalue weighted by molar-refractivity contribution is 0.0908. The smallest absolute Gasteiger partial charge is 0.124 e. The van der Waals surface area contributed by atoms with Crippen molar-refractivity contribution >= 4 is 0 Å². The summed E-state index contributed by atoms with van der Waals surface area (Å²) < 4.78 is 11.0. The van der Waals surface area contributed by atoms with Gasteiger partial charge in [0.2, 0.25) is 0 Å². The first-order valence-electron chi connectivity index (χ1n) is 6.49. The molecule has 0 saturated carbocycles. The second-order valence-electron chi connectivity index (χ2n) is 4.32. The maximum atomic E-state index is 5.58. The summed E-state index contributed by atoms with van der Waals surface area (Å²) in [5, 5.41) is 0. The lowest BCUT2D eigenvalue weighted by Gasteiger charge is -2.18. The average Bonchev–Trinajstić information content (AvgIpc) is 2.39. The van der Waals surface area contributed by atoms with Crippen molar-refractivity contribution in [3.8, 4) is 5.75 Å². The third-order valence-electron chi connectivity index (χ3n) is 3.09. The SMILES string of the molecule is CCCCCCC(OC)c1ccccc1OC. The first kappa shape index (κ1) is 14.0. The summed E-state index contributed by atoms with van der Waals surface area (Å²) in [6.07, 6.45) is 6.30. The van der Waals surface area contributed by atoms with Gasteiger partial charge in [-0.1, -0.05) is 50.8 Å². The second kappa shape index (κ2) is 8.13. The normalized spacial score (nSPS) is 12.4. The Labute approximate surface area is 105 Å². The van der Waals surface area contributed by atoms with E-state index in [1.807, 2.05) is 18.2 Å². The maximum absolute atomic E-state index is 5.58. The zero-order valence-corrected chi connectivity index (χ0v) is 11.2. The first-order chi connectivity index (χ1) is 8.33. The Kier molecular flexibility index (Phi) is 6.71. The third kappa shape index (κ3) is 4.39. The van der Waals surface area contributed by atoms with Crippen LogP contribution in [0.4, 0.5) is 0 Å². The lowest BCUT2D eigenvalue weighted by Crippen LogP contribution is -2.03. The molecule has 0 fully saturated rings. The third-order valence-corrected chi connectivity index (χ3v) is 3.09. The van der Waals surface area contributed by atoms with Gasteiger partial charge in [0, 0.05) is 12.7 Å². The summed E-state index contributed by atoms with van der Waals surface area (Å²) in [6, 6.07) is 8.11. The Bertz CT molecular complexity index is 310. The van der Waals surface area contributed by atoms with Gasteiger partial charge in [-0.3, -0.25) is 0 Å². The van der Waals surface area contributed by atoms with Gasteiger partial charge in [-0.05, 0) is 12.5 Å². The lowest BCUT2D eigenvalue weighted by atomic mass is 10.0. The minimum absolute atomic E-state index is 0.156. The molecule has 0 saturated heterocycles. The van der Waals surface area contributed by atoms with Crippen molar-refractivity contribution in [2.75, 3.05) is 14.2 Å². The van der Waals surface area contributed by atoms with Gasteiger partial charge >= 0.3 is 0 Å². The molecule has 1 unspecified atom stereocenters. The summed E-state index contributed by atoms with van der Waals surface area (Å²) in [5.41, 5.74) is 1.16. The number of benzene rings is 1. The van der Waals surface area contributed by atoms with Crippen LogP contribution < -0.4 is 4.74 Å². The standard InChI is InChI=1S/C15H24O2/c1-4-5-6-7-11-14(16-2)13-10-8-9-12-15(13)17-3/h8-10,12,14H,4-7,11H2,1-3H3. The number of hydrogen-bond acceptors (Lipinski definition) is 2. The molecule has 0 amide bonds. The van der Waals surface area contributed by atoms with Crippen LogP contribution in [-0.2, 0) is 4.74 Å². The monoisotopic (exact) mass is 236 g/mol. The second-order valence-corrected chi connectivity index (χ2v) is 4.32. The quantitative estimate of drug-likeness (QED) is 0.625. The van der Waals surface area contributed by atoms with Gasteiger partial charge in [0.25, 0.3) is 0 Å². The molecule has 0 aliphatic rings. The van der Waals surface area contributed by atoms with E-state index in [9.17, 15) is 0 Å². The van der Waals surface area contributed by atoms with Crippen molar-refractivity contribution in [3.63, 3.8) is 0 Å². The van der Waals surface area contributed by atoms with Gasteiger partial charge < -0.3 is 9.47 Å². The van der Waals surface area contributed by atoms with Crippen LogP contribution in [0.2, 0.25) is 0 Å². The van der Waals surface area contributed by atoms with Crippen LogP contribution in [-0.4, -0.2) is 14.2 Å². The zero-order chi connectivity index (χ0) is 12.5. The fraction of sp³-hybridized carbons (Fsp3) is 0.600. The van der Waals surface area contributed by atoms with Crippen LogP contribution in [0.5, 0.6) is 5.75 Å². The molecule has 2 heteroatoms. The molecule has 1 rings (SSSR count). The molecule has 1 atom stereocenters. The Morgan fingerprint density at radius 2 is 1.82 bits per heavy atom. The van der Waals surface area contributed by atoms with Crippen LogP contribution in [0.15, 0.2) is 24.3 Å². The summed E-state index contributed by atoms with van der Waals surface area (Å²) in [4.78, 5) is 0. The molecule has 1 aromatic carbocycles. The Balaban J connectivity index is 2.59. The molecular weight excluding hydrogens is 212 g/mol. The van der Waals surface area contributed by atoms with Crippen LogP contribution in [0.3, 0.4) is 0 Å². The van der Waals surface area contributed by atoms with E-state index < -0.39 is 0 Å². The number of hydrogen-bond donors (Lipinski definition) is 0. The van der Waals surface area contributed by atoms with Gasteiger partial charge in [-0.2, -0.15) is 0 Å². The minimum atomic E-state index is 0.156. The molecule has 17 heavy (non-hydrogen) atoms. The molecule has 0 heterocycles. The Morgan fingerprint density at radius 3 is 2.47 bits per heavy atom. The molecule has 0 N–H and O–H groups in total. The molecule has 0 aliphatic heterocycles. The molecule has 0 radical (unpaired) electrons. The van der Waals surface area contributed by atoms with Crippen LogP contribution in [0.1, 0.15) is 50.7 Å². The van der Waals surface area contributed by atoms with E-state index in [-0.39, 0.29) is 6.10 Å². The molecule has 0 spiro atoms. The summed E-state index contributed by atoms with van der Waals surface area (Å²) in [5.74, 6) is 0.926. The van der Waals surface area contributed by atoms with Gasteiger partial charge in [-0.25, -0.2) is 0 Å². The fourth-order valence-corrected chi connectivity index (χ4v) is 2.09. The van der Waals surface area contributed by atoms with Gasteiger partial charge in [-0.15, -0.1) is 0 Å². The molecule has 0 aromatic heterocycles. The van der Waals surface area contributed by atoms with Gasteiger partial charge in [0.1, 0.15) is 5.75 Å². The highest BCUT2D eigenvalue weighted by Crippen LogP contribution is 2.30. The topological polar surface area (TPSA) is 18.5 Å². The maximum Gasteiger partial charge on any atom is 0.124 e. The Morgan fingerprint density at radius 1 is 1.06 bits per heavy atom. The minimum Gasteiger partial charge on any atom is -0.496 e. The molecule has 96 valence electrons. The van der Waals surface area contributed by atoms with Crippen molar-refractivity contribution in [1.82, 2.24) is 0 Å². The van der Waals surface area contributed by atoms with Crippen LogP contribution in [0.25, 0.3) is 0 Å². The highest BCUT2D eigenvalue weighted by atomic mass is 16.5. The van der Waals surface area contributed by atoms with Crippen molar-refractivity contribution in [2.45, 2.75) is 45.1 Å². The number of unbranched alkanes of at least 4 members (excludes halogenated alkanes) is 3. The van der Waals surface area contributed by atoms with Gasteiger partial charge in [0.05, 0.1) is 13.2 Å². The highest BCUT2D eigenvalue weighted by Gasteiger charge is 2.14. The van der Waals surface area contributed by atoms with Crippen LogP contribution in [0, 0.1) is 0 Å². The van der Waals surface area contributed by atoms with E-state index in [4.69, 9.17) is 9.47 Å². The molecule has 0 bridgehead atoms. The van der Waals surface area contributed by atoms with Gasteiger partial charge in [0.15, 0.2) is 0 Å². The highest BCUT2D eigenvalue weighted by molar-refractivity contribution is 5.35. The molecular formula is C15H24O2. The molecule has 1 aromatic rings. The summed E-state index contributed by atoms with van der Waals surface area (Å²) >= 11 is 0.